The Balaban J connectivity index is 1.89. The molecule has 1 fully saturated rings. The van der Waals surface area contributed by atoms with Crippen molar-refractivity contribution in [3.05, 3.63) is 11.6 Å². The van der Waals surface area contributed by atoms with Gasteiger partial charge >= 0.3 is 13.6 Å². The molecule has 2 atom stereocenters. The lowest BCUT2D eigenvalue weighted by molar-refractivity contribution is -0.182. The Kier molecular flexibility index (Phi) is 4.52. The first-order valence-corrected chi connectivity index (χ1v) is 6.88. The first-order chi connectivity index (χ1) is 8.94. The molecule has 2 aliphatic rings. The number of amides is 1. The van der Waals surface area contributed by atoms with E-state index in [2.05, 4.69) is 11.4 Å². The van der Waals surface area contributed by atoms with E-state index in [0.29, 0.717) is 19.9 Å². The minimum Gasteiger partial charge on any atom is -0.444 e. The highest BCUT2D eigenvalue weighted by Gasteiger charge is 2.27. The lowest BCUT2D eigenvalue weighted by Crippen LogP contribution is -2.39. The first-order valence-electron chi connectivity index (χ1n) is 6.88. The third-order valence-corrected chi connectivity index (χ3v) is 3.24. The Labute approximate surface area is 114 Å². The number of nitrogens with one attached hydrogen (secondary N) is 1. The summed E-state index contributed by atoms with van der Waals surface area (Å²) in [5, 5.41) is 2.91. The number of hydrogen-bond acceptors (Lipinski definition) is 4. The van der Waals surface area contributed by atoms with Gasteiger partial charge in [-0.05, 0) is 40.0 Å². The van der Waals surface area contributed by atoms with E-state index >= 15 is 0 Å². The normalized spacial score (nSPS) is 27.4. The summed E-state index contributed by atoms with van der Waals surface area (Å²) >= 11 is 0. The van der Waals surface area contributed by atoms with Gasteiger partial charge in [0, 0.05) is 5.82 Å². The van der Waals surface area contributed by atoms with Gasteiger partial charge in [-0.3, -0.25) is 4.89 Å². The number of carbonyl (C=O) groups excluding carboxylic acids is 1. The summed E-state index contributed by atoms with van der Waals surface area (Å²) in [4.78, 5) is 21.6. The quantitative estimate of drug-likeness (QED) is 0.473. The zero-order valence-electron chi connectivity index (χ0n) is 11.9. The molecule has 0 aromatic carbocycles. The van der Waals surface area contributed by atoms with Gasteiger partial charge in [0.15, 0.2) is 0 Å². The molecule has 106 valence electrons. The maximum atomic E-state index is 11.7. The molecular weight excluding hydrogens is 245 g/mol. The Hall–Kier alpha value is -1.01. The van der Waals surface area contributed by atoms with Gasteiger partial charge in [0.05, 0.1) is 12.6 Å². The molecule has 19 heavy (non-hydrogen) atoms. The number of carbonyl (C=O) groups is 1. The maximum Gasteiger partial charge on any atom is 0.408 e. The predicted molar refractivity (Wildman–Crippen MR) is 73.0 cm³/mol. The van der Waals surface area contributed by atoms with Crippen LogP contribution in [-0.4, -0.2) is 31.8 Å². The topological polar surface area (TPSA) is 56.8 Å². The molecule has 0 radical (unpaired) electrons. The highest BCUT2D eigenvalue weighted by molar-refractivity contribution is 6.31. The standard InChI is InChI=1S/C13H22BNO4/c1-13(2,3)18-12(16)15-10-6-4-5-9(7-10)11-8-17-19-14-11/h7,10-11,14H,4-6,8H2,1-3H3,(H,15,16)/t10-,11?/m1/s1. The zero-order valence-corrected chi connectivity index (χ0v) is 11.9. The third kappa shape index (κ3) is 4.55. The van der Waals surface area contributed by atoms with Crippen LogP contribution in [0.1, 0.15) is 40.0 Å². The molecule has 1 unspecified atom stereocenters. The largest absolute Gasteiger partial charge is 0.444 e. The fraction of sp³-hybridized carbons (Fsp3) is 0.769. The summed E-state index contributed by atoms with van der Waals surface area (Å²) in [6.45, 7) is 6.21. The summed E-state index contributed by atoms with van der Waals surface area (Å²) in [5.74, 6) is 0.336. The lowest BCUT2D eigenvalue weighted by atomic mass is 9.72. The van der Waals surface area contributed by atoms with Crippen LogP contribution in [0.4, 0.5) is 4.79 Å². The van der Waals surface area contributed by atoms with Crippen LogP contribution < -0.4 is 5.32 Å². The Morgan fingerprint density at radius 1 is 1.53 bits per heavy atom. The van der Waals surface area contributed by atoms with Crippen molar-refractivity contribution in [3.63, 3.8) is 0 Å². The van der Waals surface area contributed by atoms with Crippen LogP contribution in [0.15, 0.2) is 11.6 Å². The van der Waals surface area contributed by atoms with Crippen molar-refractivity contribution in [3.8, 4) is 0 Å². The second-order valence-corrected chi connectivity index (χ2v) is 6.15. The van der Waals surface area contributed by atoms with Gasteiger partial charge in [-0.15, -0.1) is 0 Å². The molecule has 0 aromatic heterocycles. The number of alkyl carbamates (subject to hydrolysis) is 1. The number of hydrogen-bond donors (Lipinski definition) is 1. The fourth-order valence-corrected chi connectivity index (χ4v) is 2.39. The van der Waals surface area contributed by atoms with Crippen molar-refractivity contribution < 1.29 is 19.2 Å². The maximum absolute atomic E-state index is 11.7. The second-order valence-electron chi connectivity index (χ2n) is 6.15. The molecule has 1 amide bonds. The van der Waals surface area contributed by atoms with E-state index in [4.69, 9.17) is 14.4 Å². The fourth-order valence-electron chi connectivity index (χ4n) is 2.39. The van der Waals surface area contributed by atoms with Crippen LogP contribution in [0.5, 0.6) is 0 Å². The van der Waals surface area contributed by atoms with Crippen LogP contribution in [-0.2, 0) is 14.4 Å². The average molecular weight is 267 g/mol. The van der Waals surface area contributed by atoms with Crippen LogP contribution in [0, 0.1) is 0 Å². The molecule has 0 saturated carbocycles. The number of rotatable bonds is 2. The smallest absolute Gasteiger partial charge is 0.408 e. The van der Waals surface area contributed by atoms with Gasteiger partial charge < -0.3 is 14.9 Å². The molecule has 2 rings (SSSR count). The molecule has 5 nitrogen and oxygen atoms in total. The van der Waals surface area contributed by atoms with E-state index in [9.17, 15) is 4.79 Å². The summed E-state index contributed by atoms with van der Waals surface area (Å²) in [7, 11) is 0.616. The van der Waals surface area contributed by atoms with E-state index in [1.165, 1.54) is 5.57 Å². The highest BCUT2D eigenvalue weighted by Crippen LogP contribution is 2.30. The lowest BCUT2D eigenvalue weighted by Gasteiger charge is -2.26. The Morgan fingerprint density at radius 2 is 2.32 bits per heavy atom. The summed E-state index contributed by atoms with van der Waals surface area (Å²) in [6.07, 6.45) is 4.87. The van der Waals surface area contributed by atoms with E-state index in [1.807, 2.05) is 20.8 Å². The summed E-state index contributed by atoms with van der Waals surface area (Å²) < 4.78 is 5.27. The SMILES string of the molecule is CC(C)(C)OC(=O)N[C@H]1C=C(C2BOOC2)CCC1. The Bertz CT molecular complexity index is 358. The average Bonchev–Trinajstić information content (AvgIpc) is 2.79. The van der Waals surface area contributed by atoms with Crippen molar-refractivity contribution in [2.24, 2.45) is 0 Å². The van der Waals surface area contributed by atoms with Crippen molar-refractivity contribution >= 4 is 13.6 Å². The molecular formula is C13H22BNO4. The minimum absolute atomic E-state index is 0.0548. The van der Waals surface area contributed by atoms with Gasteiger partial charge in [0.2, 0.25) is 0 Å². The highest BCUT2D eigenvalue weighted by atomic mass is 17.2. The molecule has 6 heteroatoms. The molecule has 1 saturated heterocycles. The van der Waals surface area contributed by atoms with E-state index < -0.39 is 5.60 Å². The van der Waals surface area contributed by atoms with Crippen molar-refractivity contribution in [2.75, 3.05) is 6.61 Å². The molecule has 0 spiro atoms. The number of ether oxygens (including phenoxy) is 1. The van der Waals surface area contributed by atoms with Crippen molar-refractivity contribution in [2.45, 2.75) is 57.5 Å². The first kappa shape index (κ1) is 14.4. The molecule has 0 bridgehead atoms. The van der Waals surface area contributed by atoms with Gasteiger partial charge in [-0.1, -0.05) is 11.6 Å². The van der Waals surface area contributed by atoms with Gasteiger partial charge in [-0.25, -0.2) is 4.79 Å². The Morgan fingerprint density at radius 3 is 2.95 bits per heavy atom. The van der Waals surface area contributed by atoms with Gasteiger partial charge in [0.1, 0.15) is 5.60 Å². The van der Waals surface area contributed by atoms with Crippen LogP contribution in [0.25, 0.3) is 0 Å². The van der Waals surface area contributed by atoms with E-state index in [0.717, 1.165) is 19.3 Å². The molecule has 1 aliphatic heterocycles. The zero-order chi connectivity index (χ0) is 13.9. The molecule has 0 aromatic rings. The predicted octanol–water partition coefficient (Wildman–Crippen LogP) is 2.09. The van der Waals surface area contributed by atoms with Gasteiger partial charge in [-0.2, -0.15) is 0 Å². The van der Waals surface area contributed by atoms with E-state index in [1.54, 1.807) is 0 Å². The van der Waals surface area contributed by atoms with Crippen LogP contribution in [0.3, 0.4) is 0 Å². The summed E-state index contributed by atoms with van der Waals surface area (Å²) in [6, 6.07) is 0.0548. The van der Waals surface area contributed by atoms with Crippen molar-refractivity contribution in [1.29, 1.82) is 0 Å². The van der Waals surface area contributed by atoms with E-state index in [-0.39, 0.29) is 12.1 Å². The van der Waals surface area contributed by atoms with Crippen molar-refractivity contribution in [1.82, 2.24) is 5.32 Å². The third-order valence-electron chi connectivity index (χ3n) is 3.24. The minimum atomic E-state index is -0.460. The second kappa shape index (κ2) is 5.97. The van der Waals surface area contributed by atoms with Crippen LogP contribution in [0.2, 0.25) is 5.82 Å². The summed E-state index contributed by atoms with van der Waals surface area (Å²) in [5.41, 5.74) is 0.864. The molecule has 1 heterocycles. The van der Waals surface area contributed by atoms with Crippen LogP contribution >= 0.6 is 0 Å². The molecule has 1 N–H and O–H groups in total. The molecule has 1 aliphatic carbocycles. The van der Waals surface area contributed by atoms with Gasteiger partial charge in [0.25, 0.3) is 0 Å². The monoisotopic (exact) mass is 267 g/mol.